The first-order chi connectivity index (χ1) is 8.90. The van der Waals surface area contributed by atoms with Crippen molar-refractivity contribution in [2.45, 2.75) is 19.4 Å². The molecule has 0 fully saturated rings. The molecule has 104 valence electrons. The zero-order valence-corrected chi connectivity index (χ0v) is 10.0. The first-order valence-electron chi connectivity index (χ1n) is 5.45. The number of benzene rings is 1. The van der Waals surface area contributed by atoms with Crippen molar-refractivity contribution >= 4 is 11.6 Å². The number of carbonyl (C=O) groups excluding carboxylic acids is 1. The number of nitro groups is 1. The first-order valence-corrected chi connectivity index (χ1v) is 5.45. The lowest BCUT2D eigenvalue weighted by atomic mass is 10.1. The number of hydrogen-bond acceptors (Lipinski definition) is 4. The topological polar surface area (TPSA) is 92.5 Å². The van der Waals surface area contributed by atoms with Gasteiger partial charge in [-0.25, -0.2) is 8.78 Å². The van der Waals surface area contributed by atoms with Crippen LogP contribution in [0.3, 0.4) is 0 Å². The molecule has 0 heterocycles. The van der Waals surface area contributed by atoms with Gasteiger partial charge in [0.15, 0.2) is 11.6 Å². The van der Waals surface area contributed by atoms with Crippen LogP contribution in [0.2, 0.25) is 0 Å². The minimum Gasteiger partial charge on any atom is -0.394 e. The predicted molar refractivity (Wildman–Crippen MR) is 61.6 cm³/mol. The quantitative estimate of drug-likeness (QED) is 0.626. The summed E-state index contributed by atoms with van der Waals surface area (Å²) in [5, 5.41) is 21.9. The van der Waals surface area contributed by atoms with Crippen LogP contribution in [0.5, 0.6) is 0 Å². The van der Waals surface area contributed by atoms with Crippen molar-refractivity contribution in [1.82, 2.24) is 5.32 Å². The highest BCUT2D eigenvalue weighted by Crippen LogP contribution is 2.22. The van der Waals surface area contributed by atoms with E-state index in [1.165, 1.54) is 0 Å². The van der Waals surface area contributed by atoms with Gasteiger partial charge in [-0.05, 0) is 12.5 Å². The third-order valence-electron chi connectivity index (χ3n) is 2.53. The molecule has 1 atom stereocenters. The summed E-state index contributed by atoms with van der Waals surface area (Å²) < 4.78 is 26.0. The molecule has 1 aromatic carbocycles. The molecule has 6 nitrogen and oxygen atoms in total. The third kappa shape index (κ3) is 3.44. The summed E-state index contributed by atoms with van der Waals surface area (Å²) in [6.45, 7) is 1.32. The lowest BCUT2D eigenvalue weighted by Crippen LogP contribution is -2.37. The Labute approximate surface area is 107 Å². The second kappa shape index (κ2) is 6.19. The van der Waals surface area contributed by atoms with Crippen molar-refractivity contribution in [3.63, 3.8) is 0 Å². The molecule has 0 bridgehead atoms. The molecule has 0 aliphatic rings. The zero-order valence-electron chi connectivity index (χ0n) is 10.0. The zero-order chi connectivity index (χ0) is 14.6. The maximum Gasteiger partial charge on any atom is 0.285 e. The van der Waals surface area contributed by atoms with Gasteiger partial charge in [0.2, 0.25) is 0 Å². The summed E-state index contributed by atoms with van der Waals surface area (Å²) in [6, 6.07) is 0.206. The first kappa shape index (κ1) is 15.0. The molecular weight excluding hydrogens is 262 g/mol. The molecule has 0 aromatic heterocycles. The molecule has 0 radical (unpaired) electrons. The number of hydrogen-bond donors (Lipinski definition) is 2. The Morgan fingerprint density at radius 1 is 1.47 bits per heavy atom. The highest BCUT2D eigenvalue weighted by Gasteiger charge is 2.24. The Hall–Kier alpha value is -2.09. The number of rotatable bonds is 5. The van der Waals surface area contributed by atoms with Crippen molar-refractivity contribution in [2.24, 2.45) is 0 Å². The highest BCUT2D eigenvalue weighted by atomic mass is 19.2. The van der Waals surface area contributed by atoms with Crippen LogP contribution in [0, 0.1) is 21.7 Å². The van der Waals surface area contributed by atoms with E-state index in [-0.39, 0.29) is 6.61 Å². The minimum atomic E-state index is -1.41. The van der Waals surface area contributed by atoms with E-state index in [1.807, 2.05) is 0 Å². The van der Waals surface area contributed by atoms with Crippen LogP contribution in [0.15, 0.2) is 12.1 Å². The number of amides is 1. The Balaban J connectivity index is 3.14. The Kier molecular flexibility index (Phi) is 4.87. The van der Waals surface area contributed by atoms with E-state index in [0.717, 1.165) is 0 Å². The summed E-state index contributed by atoms with van der Waals surface area (Å²) in [7, 11) is 0. The van der Waals surface area contributed by atoms with Gasteiger partial charge in [-0.2, -0.15) is 0 Å². The predicted octanol–water partition coefficient (Wildman–Crippen LogP) is 1.37. The van der Waals surface area contributed by atoms with Crippen LogP contribution >= 0.6 is 0 Å². The molecule has 0 aliphatic heterocycles. The van der Waals surface area contributed by atoms with Gasteiger partial charge in [0.1, 0.15) is 5.56 Å². The third-order valence-corrected chi connectivity index (χ3v) is 2.53. The van der Waals surface area contributed by atoms with E-state index in [1.54, 1.807) is 6.92 Å². The Morgan fingerprint density at radius 3 is 2.53 bits per heavy atom. The molecule has 0 aliphatic carbocycles. The van der Waals surface area contributed by atoms with Crippen LogP contribution in [0.25, 0.3) is 0 Å². The average molecular weight is 274 g/mol. The van der Waals surface area contributed by atoms with Gasteiger partial charge in [-0.1, -0.05) is 6.92 Å². The van der Waals surface area contributed by atoms with Crippen molar-refractivity contribution in [3.8, 4) is 0 Å². The number of carbonyl (C=O) groups is 1. The number of aliphatic hydroxyl groups is 1. The van der Waals surface area contributed by atoms with Gasteiger partial charge in [-0.3, -0.25) is 14.9 Å². The average Bonchev–Trinajstić information content (AvgIpc) is 2.37. The standard InChI is InChI=1S/C11H12F2N2O4/c1-2-6(5-16)14-11(17)7-3-8(12)9(13)4-10(7)15(18)19/h3-4,6,16H,2,5H2,1H3,(H,14,17). The molecule has 2 N–H and O–H groups in total. The fraction of sp³-hybridized carbons (Fsp3) is 0.364. The molecule has 19 heavy (non-hydrogen) atoms. The molecular formula is C11H12F2N2O4. The van der Waals surface area contributed by atoms with Gasteiger partial charge in [0.25, 0.3) is 11.6 Å². The summed E-state index contributed by atoms with van der Waals surface area (Å²) in [5.41, 5.74) is -1.42. The van der Waals surface area contributed by atoms with Gasteiger partial charge in [0.05, 0.1) is 23.6 Å². The van der Waals surface area contributed by atoms with Crippen LogP contribution in [-0.2, 0) is 0 Å². The summed E-state index contributed by atoms with van der Waals surface area (Å²) in [4.78, 5) is 21.5. The minimum absolute atomic E-state index is 0.351. The van der Waals surface area contributed by atoms with E-state index < -0.39 is 39.8 Å². The number of nitro benzene ring substituents is 1. The van der Waals surface area contributed by atoms with Crippen molar-refractivity contribution < 1.29 is 23.6 Å². The fourth-order valence-electron chi connectivity index (χ4n) is 1.41. The summed E-state index contributed by atoms with van der Waals surface area (Å²) in [6.07, 6.45) is 0.389. The smallest absolute Gasteiger partial charge is 0.285 e. The Bertz CT molecular complexity index is 504. The highest BCUT2D eigenvalue weighted by molar-refractivity contribution is 5.98. The monoisotopic (exact) mass is 274 g/mol. The maximum absolute atomic E-state index is 13.1. The molecule has 1 unspecified atom stereocenters. The molecule has 0 spiro atoms. The summed E-state index contributed by atoms with van der Waals surface area (Å²) >= 11 is 0. The van der Waals surface area contributed by atoms with Gasteiger partial charge < -0.3 is 10.4 Å². The van der Waals surface area contributed by atoms with E-state index >= 15 is 0 Å². The molecule has 8 heteroatoms. The SMILES string of the molecule is CCC(CO)NC(=O)c1cc(F)c(F)cc1[N+](=O)[O-]. The van der Waals surface area contributed by atoms with Gasteiger partial charge in [-0.15, -0.1) is 0 Å². The van der Waals surface area contributed by atoms with E-state index in [0.29, 0.717) is 18.6 Å². The van der Waals surface area contributed by atoms with Crippen molar-refractivity contribution in [1.29, 1.82) is 0 Å². The maximum atomic E-state index is 13.1. The van der Waals surface area contributed by atoms with E-state index in [2.05, 4.69) is 5.32 Å². The molecule has 0 saturated carbocycles. The lowest BCUT2D eigenvalue weighted by molar-refractivity contribution is -0.385. The second-order valence-corrected chi connectivity index (χ2v) is 3.80. The van der Waals surface area contributed by atoms with Crippen molar-refractivity contribution in [2.75, 3.05) is 6.61 Å². The van der Waals surface area contributed by atoms with Gasteiger partial charge in [0, 0.05) is 0 Å². The molecule has 1 aromatic rings. The number of nitrogens with one attached hydrogen (secondary N) is 1. The van der Waals surface area contributed by atoms with Gasteiger partial charge >= 0.3 is 0 Å². The van der Waals surface area contributed by atoms with Crippen LogP contribution in [-0.4, -0.2) is 28.6 Å². The number of aliphatic hydroxyl groups excluding tert-OH is 1. The second-order valence-electron chi connectivity index (χ2n) is 3.80. The number of halogens is 2. The van der Waals surface area contributed by atoms with E-state index in [9.17, 15) is 23.7 Å². The lowest BCUT2D eigenvalue weighted by Gasteiger charge is -2.14. The largest absolute Gasteiger partial charge is 0.394 e. The fourth-order valence-corrected chi connectivity index (χ4v) is 1.41. The number of nitrogens with zero attached hydrogens (tertiary/aromatic N) is 1. The van der Waals surface area contributed by atoms with Crippen molar-refractivity contribution in [3.05, 3.63) is 39.4 Å². The van der Waals surface area contributed by atoms with Crippen LogP contribution < -0.4 is 5.32 Å². The Morgan fingerprint density at radius 2 is 2.05 bits per heavy atom. The normalized spacial score (nSPS) is 12.0. The molecule has 1 rings (SSSR count). The van der Waals surface area contributed by atoms with Crippen LogP contribution in [0.1, 0.15) is 23.7 Å². The molecule has 1 amide bonds. The summed E-state index contributed by atoms with van der Waals surface area (Å²) in [5.74, 6) is -3.70. The molecule has 0 saturated heterocycles. The van der Waals surface area contributed by atoms with E-state index in [4.69, 9.17) is 5.11 Å². The van der Waals surface area contributed by atoms with Crippen LogP contribution in [0.4, 0.5) is 14.5 Å².